The maximum Gasteiger partial charge on any atom is 0.306 e. The smallest absolute Gasteiger partial charge is 0.306 e. The Morgan fingerprint density at radius 1 is 0.674 bits per heavy atom. The van der Waals surface area contributed by atoms with Crippen LogP contribution in [0.3, 0.4) is 0 Å². The van der Waals surface area contributed by atoms with Gasteiger partial charge in [0.25, 0.3) is 0 Å². The molecule has 19 heteroatoms. The first-order valence-electron chi connectivity index (χ1n) is 30.8. The molecule has 2 heterocycles. The van der Waals surface area contributed by atoms with Crippen LogP contribution in [0.25, 0.3) is 0 Å². The van der Waals surface area contributed by atoms with Gasteiger partial charge in [-0.2, -0.15) is 0 Å². The molecule has 0 aliphatic carbocycles. The third-order valence-electron chi connectivity index (χ3n) is 15.3. The van der Waals surface area contributed by atoms with E-state index in [1.54, 1.807) is 68.5 Å². The van der Waals surface area contributed by atoms with Crippen molar-refractivity contribution in [3.05, 3.63) is 134 Å². The van der Waals surface area contributed by atoms with Crippen LogP contribution in [-0.2, 0) is 23.8 Å². The number of carbonyl (C=O) groups is 2. The Balaban J connectivity index is 2.33. The second kappa shape index (κ2) is 45.0. The molecular weight excluding hydrogens is 1110 g/mol. The number of hydrogen-bond donors (Lipinski definition) is 14. The van der Waals surface area contributed by atoms with Crippen molar-refractivity contribution in [1.29, 1.82) is 0 Å². The number of ether oxygens (including phenoxy) is 3. The summed E-state index contributed by atoms with van der Waals surface area (Å²) in [6, 6.07) is 0. The van der Waals surface area contributed by atoms with Gasteiger partial charge >= 0.3 is 5.97 Å². The number of nitrogens with two attached hydrogens (primary N) is 1. The zero-order valence-corrected chi connectivity index (χ0v) is 51.2. The number of carbonyl (C=O) groups excluding carboxylic acids is 2. The zero-order chi connectivity index (χ0) is 64.0. The minimum absolute atomic E-state index is 0.000868. The number of aliphatic hydroxyl groups is 13. The quantitative estimate of drug-likeness (QED) is 0.0774. The number of hydrogen-bond acceptors (Lipinski definition) is 19. The van der Waals surface area contributed by atoms with Crippen LogP contribution in [0.4, 0.5) is 0 Å². The van der Waals surface area contributed by atoms with Crippen molar-refractivity contribution in [2.45, 2.75) is 247 Å². The Bertz CT molecular complexity index is 2190. The fraction of sp³-hybridized carbons (Fsp3) is 0.642. The molecule has 0 radical (unpaired) electrons. The molecule has 0 saturated carbocycles. The molecule has 488 valence electrons. The average Bonchev–Trinajstić information content (AvgIpc) is 2.13. The second-order valence-corrected chi connectivity index (χ2v) is 23.1. The van der Waals surface area contributed by atoms with Gasteiger partial charge in [-0.3, -0.25) is 9.59 Å². The first kappa shape index (κ1) is 77.7. The Morgan fingerprint density at radius 3 is 2.01 bits per heavy atom. The van der Waals surface area contributed by atoms with Gasteiger partial charge in [-0.1, -0.05) is 142 Å². The first-order chi connectivity index (χ1) is 40.9. The summed E-state index contributed by atoms with van der Waals surface area (Å²) in [7, 11) is 0. The molecule has 19 nitrogen and oxygen atoms in total. The van der Waals surface area contributed by atoms with Crippen LogP contribution in [0.1, 0.15) is 143 Å². The predicted octanol–water partition coefficient (Wildman–Crippen LogP) is 5.31. The average molecular weight is 1210 g/mol. The van der Waals surface area contributed by atoms with E-state index in [1.165, 1.54) is 19.1 Å². The van der Waals surface area contributed by atoms with Crippen molar-refractivity contribution < 1.29 is 90.2 Å². The Hall–Kier alpha value is -4.36. The molecule has 0 spiro atoms. The van der Waals surface area contributed by atoms with Gasteiger partial charge in [0.1, 0.15) is 30.2 Å². The van der Waals surface area contributed by atoms with Gasteiger partial charge in [0.05, 0.1) is 73.2 Å². The van der Waals surface area contributed by atoms with Crippen molar-refractivity contribution in [2.24, 2.45) is 23.5 Å². The summed E-state index contributed by atoms with van der Waals surface area (Å²) in [6.45, 7) is 11.1. The standard InChI is InChI=1S/C67H107NO18/c1-6-7-25-49-26-18-19-34-59(77)47(4)63(80)45(2)24-16-14-12-10-8-9-11-13-15-17-35-62(79)85-58(33-22-29-50(69)27-20-28-51(70)32-23-38-68)43-56(75)41-54(73)39-52(71)30-21-31-53(72)40-55(74)42-57(76)44-60(78)46(3)61(37-36-49)86-67-66(83)65(82)64(81)48(5)84-67/h6,8-16,19-22,24,27,31,33-34,36,45-48,50-59,61,63-67,69-77,80-83H,1,7,17-18,23,25-26,28-30,32,35,37-44,68H2,2-5H3/b10-8+,11-9+,14-12+,15-13+,24-16+,27-20+,31-21+,33-22+,34-19+,49-36-/t45-,46+,47+,48+,50-,51-,52+,53-,54+,55-,56+,57-,58-,59-,61-,63-,64-,65-,66+,67-/m0/s1. The lowest BCUT2D eigenvalue weighted by Crippen LogP contribution is -2.58. The Morgan fingerprint density at radius 2 is 1.31 bits per heavy atom. The zero-order valence-electron chi connectivity index (χ0n) is 51.2. The third-order valence-corrected chi connectivity index (χ3v) is 15.3. The lowest BCUT2D eigenvalue weighted by atomic mass is 9.88. The van der Waals surface area contributed by atoms with Crippen molar-refractivity contribution in [3.63, 3.8) is 0 Å². The predicted molar refractivity (Wildman–Crippen MR) is 332 cm³/mol. The lowest BCUT2D eigenvalue weighted by Gasteiger charge is -2.41. The van der Waals surface area contributed by atoms with Crippen molar-refractivity contribution in [2.75, 3.05) is 6.54 Å². The summed E-state index contributed by atoms with van der Waals surface area (Å²) in [5.74, 6) is -2.68. The topological polar surface area (TPSA) is 351 Å². The second-order valence-electron chi connectivity index (χ2n) is 23.1. The summed E-state index contributed by atoms with van der Waals surface area (Å²) in [5.41, 5.74) is 6.50. The summed E-state index contributed by atoms with van der Waals surface area (Å²) >= 11 is 0. The van der Waals surface area contributed by atoms with E-state index in [0.29, 0.717) is 57.9 Å². The van der Waals surface area contributed by atoms with Crippen molar-refractivity contribution in [1.82, 2.24) is 0 Å². The van der Waals surface area contributed by atoms with Crippen LogP contribution in [0.15, 0.2) is 134 Å². The van der Waals surface area contributed by atoms with E-state index in [4.69, 9.17) is 19.9 Å². The van der Waals surface area contributed by atoms with Gasteiger partial charge in [-0.15, -0.1) is 6.58 Å². The van der Waals surface area contributed by atoms with Gasteiger partial charge in [-0.25, -0.2) is 0 Å². The van der Waals surface area contributed by atoms with E-state index in [2.05, 4.69) is 6.58 Å². The van der Waals surface area contributed by atoms with Crippen LogP contribution in [0, 0.1) is 17.8 Å². The fourth-order valence-electron chi connectivity index (χ4n) is 9.81. The minimum atomic E-state index is -1.65. The number of cyclic esters (lactones) is 1. The molecule has 0 unspecified atom stereocenters. The number of Topliss-reactive ketones (excluding diaryl/α,β-unsaturated/α-hetero) is 1. The van der Waals surface area contributed by atoms with Crippen LogP contribution in [0.2, 0.25) is 0 Å². The maximum atomic E-state index is 13.9. The molecule has 20 atom stereocenters. The summed E-state index contributed by atoms with van der Waals surface area (Å²) in [6.07, 6.45) is 18.6. The minimum Gasteiger partial charge on any atom is -0.458 e. The highest BCUT2D eigenvalue weighted by Gasteiger charge is 2.44. The first-order valence-corrected chi connectivity index (χ1v) is 30.8. The number of aliphatic hydroxyl groups excluding tert-OH is 13. The van der Waals surface area contributed by atoms with E-state index in [-0.39, 0.29) is 63.7 Å². The van der Waals surface area contributed by atoms with E-state index < -0.39 is 134 Å². The molecule has 1 fully saturated rings. The van der Waals surface area contributed by atoms with Gasteiger partial charge in [0.2, 0.25) is 0 Å². The Labute approximate surface area is 511 Å². The molecule has 0 aromatic rings. The molecular formula is C67H107NO18. The van der Waals surface area contributed by atoms with E-state index in [0.717, 1.165) is 5.57 Å². The van der Waals surface area contributed by atoms with E-state index >= 15 is 0 Å². The fourth-order valence-corrected chi connectivity index (χ4v) is 9.81. The molecule has 0 amide bonds. The molecule has 0 aromatic carbocycles. The molecule has 2 rings (SSSR count). The molecule has 0 aromatic heterocycles. The van der Waals surface area contributed by atoms with Gasteiger partial charge in [0.15, 0.2) is 6.29 Å². The van der Waals surface area contributed by atoms with Gasteiger partial charge < -0.3 is 86.3 Å². The molecule has 86 heavy (non-hydrogen) atoms. The van der Waals surface area contributed by atoms with Crippen LogP contribution < -0.4 is 5.73 Å². The van der Waals surface area contributed by atoms with Crippen LogP contribution in [0.5, 0.6) is 0 Å². The summed E-state index contributed by atoms with van der Waals surface area (Å²) in [5, 5.41) is 140. The highest BCUT2D eigenvalue weighted by atomic mass is 16.7. The van der Waals surface area contributed by atoms with Crippen LogP contribution >= 0.6 is 0 Å². The van der Waals surface area contributed by atoms with Gasteiger partial charge in [-0.05, 0) is 109 Å². The highest BCUT2D eigenvalue weighted by molar-refractivity contribution is 5.81. The Kier molecular flexibility index (Phi) is 40.7. The van der Waals surface area contributed by atoms with E-state index in [1.807, 2.05) is 61.6 Å². The summed E-state index contributed by atoms with van der Waals surface area (Å²) in [4.78, 5) is 26.8. The molecule has 2 aliphatic heterocycles. The molecule has 1 saturated heterocycles. The number of esters is 1. The lowest BCUT2D eigenvalue weighted by molar-refractivity contribution is -0.306. The monoisotopic (exact) mass is 1210 g/mol. The number of rotatable bonds is 14. The summed E-state index contributed by atoms with van der Waals surface area (Å²) < 4.78 is 17.7. The molecule has 0 bridgehead atoms. The normalized spacial score (nSPS) is 37.6. The number of ketones is 1. The third kappa shape index (κ3) is 33.8. The van der Waals surface area contributed by atoms with Crippen molar-refractivity contribution >= 4 is 11.8 Å². The van der Waals surface area contributed by atoms with Crippen molar-refractivity contribution in [3.8, 4) is 0 Å². The number of allylic oxidation sites excluding steroid dienone is 12. The SMILES string of the molecule is C=CCC/C1=C/C[C@H](O[C@@H]2O[C@H](C)[C@H](O)[C@H](O)[C@H]2O)[C@H](C)C(=O)C[C@@H](O)C[C@@H](O)C[C@@H](O)/C=C/C[C@@H](O)C[C@@H](O)C[C@@H](O)C[C@H](/C=C/C[C@@H](O)/C=C/C[C@H](O)CCCN)OC(=O)CC/C=C/C=C/C=C/C=C/C=C/[C@H](C)[C@H](O)[C@H](C)[C@@H](O)/C=C/CC1. The highest BCUT2D eigenvalue weighted by Crippen LogP contribution is 2.29. The van der Waals surface area contributed by atoms with Crippen LogP contribution in [-0.4, -0.2) is 189 Å². The van der Waals surface area contributed by atoms with E-state index in [9.17, 15) is 76.0 Å². The molecule has 15 N–H and O–H groups in total. The molecule has 2 aliphatic rings. The largest absolute Gasteiger partial charge is 0.458 e. The van der Waals surface area contributed by atoms with Gasteiger partial charge in [0, 0.05) is 43.4 Å². The maximum absolute atomic E-state index is 13.9.